The Bertz CT molecular complexity index is 991. The third kappa shape index (κ3) is 8.34. The molecule has 180 valence electrons. The molecule has 1 aliphatic rings. The summed E-state index contributed by atoms with van der Waals surface area (Å²) in [7, 11) is 0. The van der Waals surface area contributed by atoms with Crippen LogP contribution < -0.4 is 10.6 Å². The Morgan fingerprint density at radius 2 is 1.76 bits per heavy atom. The number of amides is 2. The van der Waals surface area contributed by atoms with Gasteiger partial charge in [0.2, 0.25) is 11.8 Å². The van der Waals surface area contributed by atoms with Gasteiger partial charge in [-0.25, -0.2) is 0 Å². The van der Waals surface area contributed by atoms with Gasteiger partial charge in [0.05, 0.1) is 12.5 Å². The first kappa shape index (κ1) is 25.5. The van der Waals surface area contributed by atoms with Crippen molar-refractivity contribution in [3.05, 3.63) is 82.9 Å². The molecule has 2 aromatic carbocycles. The Balaban J connectivity index is 1.67. The standard InChI is InChI=1S/C27H31ClN2O4/c1-19-7-5-6-10-22(16-25(31)29-17-20-11-13-23(28)14-12-20)27(33)30-18-24(34-26(32)15-19)21-8-3-2-4-9-21/h2-6,8-9,11-14,19,22,24H,7,10,15-18H2,1H3,(H,29,31)(H,30,33)/b6-5+/t19?,22-,24+/m1/s1. The van der Waals surface area contributed by atoms with Crippen LogP contribution in [-0.2, 0) is 25.7 Å². The van der Waals surface area contributed by atoms with Crippen LogP contribution in [0, 0.1) is 11.8 Å². The second-order valence-corrected chi connectivity index (χ2v) is 9.13. The first-order chi connectivity index (χ1) is 16.4. The van der Waals surface area contributed by atoms with Gasteiger partial charge >= 0.3 is 5.97 Å². The van der Waals surface area contributed by atoms with E-state index in [-0.39, 0.29) is 36.7 Å². The number of benzene rings is 2. The predicted octanol–water partition coefficient (Wildman–Crippen LogP) is 4.74. The first-order valence-electron chi connectivity index (χ1n) is 11.6. The minimum absolute atomic E-state index is 0.0646. The summed E-state index contributed by atoms with van der Waals surface area (Å²) in [4.78, 5) is 38.1. The molecule has 7 heteroatoms. The van der Waals surface area contributed by atoms with Crippen LogP contribution in [-0.4, -0.2) is 24.3 Å². The van der Waals surface area contributed by atoms with E-state index in [9.17, 15) is 14.4 Å². The molecule has 0 spiro atoms. The molecular formula is C27H31ClN2O4. The summed E-state index contributed by atoms with van der Waals surface area (Å²) in [6, 6.07) is 16.6. The quantitative estimate of drug-likeness (QED) is 0.476. The molecule has 1 heterocycles. The van der Waals surface area contributed by atoms with Crippen molar-refractivity contribution in [3.63, 3.8) is 0 Å². The highest BCUT2D eigenvalue weighted by atomic mass is 35.5. The van der Waals surface area contributed by atoms with Gasteiger partial charge in [-0.3, -0.25) is 14.4 Å². The largest absolute Gasteiger partial charge is 0.456 e. The van der Waals surface area contributed by atoms with Crippen molar-refractivity contribution < 1.29 is 19.1 Å². The smallest absolute Gasteiger partial charge is 0.306 e. The van der Waals surface area contributed by atoms with Crippen LogP contribution in [0.3, 0.4) is 0 Å². The number of cyclic esters (lactones) is 1. The van der Waals surface area contributed by atoms with Crippen molar-refractivity contribution in [2.45, 2.75) is 45.3 Å². The van der Waals surface area contributed by atoms with Crippen LogP contribution in [0.15, 0.2) is 66.7 Å². The van der Waals surface area contributed by atoms with E-state index in [4.69, 9.17) is 16.3 Å². The second-order valence-electron chi connectivity index (χ2n) is 8.69. The number of ether oxygens (including phenoxy) is 1. The minimum Gasteiger partial charge on any atom is -0.456 e. The first-order valence-corrected chi connectivity index (χ1v) is 12.0. The summed E-state index contributed by atoms with van der Waals surface area (Å²) in [5, 5.41) is 6.40. The van der Waals surface area contributed by atoms with Crippen LogP contribution in [0.25, 0.3) is 0 Å². The highest BCUT2D eigenvalue weighted by Gasteiger charge is 2.24. The number of allylic oxidation sites excluding steroid dienone is 2. The van der Waals surface area contributed by atoms with Crippen molar-refractivity contribution in [1.82, 2.24) is 10.6 Å². The fourth-order valence-corrected chi connectivity index (χ4v) is 3.90. The van der Waals surface area contributed by atoms with Crippen LogP contribution in [0.1, 0.15) is 49.8 Å². The topological polar surface area (TPSA) is 84.5 Å². The molecule has 34 heavy (non-hydrogen) atoms. The molecule has 0 bridgehead atoms. The summed E-state index contributed by atoms with van der Waals surface area (Å²) >= 11 is 5.91. The fraction of sp³-hybridized carbons (Fsp3) is 0.370. The molecule has 2 aromatic rings. The Kier molecular flexibility index (Phi) is 9.71. The van der Waals surface area contributed by atoms with E-state index < -0.39 is 12.0 Å². The molecule has 2 N–H and O–H groups in total. The van der Waals surface area contributed by atoms with Gasteiger partial charge < -0.3 is 15.4 Å². The number of nitrogens with one attached hydrogen (secondary N) is 2. The maximum absolute atomic E-state index is 13.0. The molecular weight excluding hydrogens is 452 g/mol. The number of hydrogen-bond acceptors (Lipinski definition) is 4. The molecule has 0 saturated carbocycles. The molecule has 0 fully saturated rings. The van der Waals surface area contributed by atoms with Gasteiger partial charge in [-0.05, 0) is 42.0 Å². The molecule has 1 aliphatic heterocycles. The van der Waals surface area contributed by atoms with E-state index in [2.05, 4.69) is 10.6 Å². The lowest BCUT2D eigenvalue weighted by Crippen LogP contribution is -2.37. The second kappa shape index (κ2) is 12.9. The molecule has 3 rings (SSSR count). The van der Waals surface area contributed by atoms with Crippen LogP contribution in [0.5, 0.6) is 0 Å². The number of hydrogen-bond donors (Lipinski definition) is 2. The molecule has 1 unspecified atom stereocenters. The van der Waals surface area contributed by atoms with Gasteiger partial charge in [-0.15, -0.1) is 0 Å². The van der Waals surface area contributed by atoms with Gasteiger partial charge in [0.25, 0.3) is 0 Å². The van der Waals surface area contributed by atoms with Crippen molar-refractivity contribution in [2.24, 2.45) is 11.8 Å². The Morgan fingerprint density at radius 3 is 2.50 bits per heavy atom. The number of halogens is 1. The van der Waals surface area contributed by atoms with Gasteiger partial charge in [0.15, 0.2) is 0 Å². The van der Waals surface area contributed by atoms with E-state index in [0.717, 1.165) is 11.1 Å². The molecule has 0 radical (unpaired) electrons. The normalized spacial score (nSPS) is 22.8. The van der Waals surface area contributed by atoms with E-state index in [0.29, 0.717) is 30.8 Å². The molecule has 2 amide bonds. The molecule has 0 saturated heterocycles. The Labute approximate surface area is 205 Å². The van der Waals surface area contributed by atoms with Gasteiger partial charge in [-0.2, -0.15) is 0 Å². The molecule has 3 atom stereocenters. The lowest BCUT2D eigenvalue weighted by Gasteiger charge is -2.21. The molecule has 0 aliphatic carbocycles. The average molecular weight is 483 g/mol. The van der Waals surface area contributed by atoms with E-state index in [1.54, 1.807) is 12.1 Å². The van der Waals surface area contributed by atoms with Crippen molar-refractivity contribution in [1.29, 1.82) is 0 Å². The molecule has 0 aromatic heterocycles. The molecule has 6 nitrogen and oxygen atoms in total. The van der Waals surface area contributed by atoms with Crippen LogP contribution >= 0.6 is 11.6 Å². The third-order valence-corrected chi connectivity index (χ3v) is 6.01. The summed E-state index contributed by atoms with van der Waals surface area (Å²) in [6.07, 6.45) is 4.81. The third-order valence-electron chi connectivity index (χ3n) is 5.75. The van der Waals surface area contributed by atoms with Crippen molar-refractivity contribution in [2.75, 3.05) is 6.54 Å². The fourth-order valence-electron chi connectivity index (χ4n) is 3.78. The number of esters is 1. The predicted molar refractivity (Wildman–Crippen MR) is 132 cm³/mol. The van der Waals surface area contributed by atoms with Gasteiger partial charge in [0, 0.05) is 24.4 Å². The Morgan fingerprint density at radius 1 is 1.06 bits per heavy atom. The van der Waals surface area contributed by atoms with Crippen molar-refractivity contribution in [3.8, 4) is 0 Å². The minimum atomic E-state index is -0.585. The van der Waals surface area contributed by atoms with Crippen LogP contribution in [0.4, 0.5) is 0 Å². The highest BCUT2D eigenvalue weighted by Crippen LogP contribution is 2.21. The lowest BCUT2D eigenvalue weighted by molar-refractivity contribution is -0.151. The zero-order chi connectivity index (χ0) is 24.3. The summed E-state index contributed by atoms with van der Waals surface area (Å²) < 4.78 is 5.71. The number of carbonyl (C=O) groups is 3. The zero-order valence-corrected chi connectivity index (χ0v) is 20.1. The van der Waals surface area contributed by atoms with Crippen LogP contribution in [0.2, 0.25) is 5.02 Å². The summed E-state index contributed by atoms with van der Waals surface area (Å²) in [6.45, 7) is 2.51. The van der Waals surface area contributed by atoms with Gasteiger partial charge in [-0.1, -0.05) is 73.1 Å². The average Bonchev–Trinajstić information content (AvgIpc) is 2.84. The zero-order valence-electron chi connectivity index (χ0n) is 19.3. The summed E-state index contributed by atoms with van der Waals surface area (Å²) in [5.41, 5.74) is 1.74. The van der Waals surface area contributed by atoms with E-state index >= 15 is 0 Å². The summed E-state index contributed by atoms with van der Waals surface area (Å²) in [5.74, 6) is -1.14. The number of carbonyl (C=O) groups excluding carboxylic acids is 3. The number of rotatable bonds is 5. The SMILES string of the molecule is CC1C/C=C/C[C@H](CC(=O)NCc2ccc(Cl)cc2)C(=O)NC[C@@H](c2ccccc2)OC(=O)C1. The Hall–Kier alpha value is -3.12. The van der Waals surface area contributed by atoms with Crippen molar-refractivity contribution >= 4 is 29.4 Å². The highest BCUT2D eigenvalue weighted by molar-refractivity contribution is 6.30. The lowest BCUT2D eigenvalue weighted by atomic mass is 9.97. The monoisotopic (exact) mass is 482 g/mol. The maximum Gasteiger partial charge on any atom is 0.306 e. The van der Waals surface area contributed by atoms with E-state index in [1.807, 2.05) is 61.5 Å². The van der Waals surface area contributed by atoms with E-state index in [1.165, 1.54) is 0 Å². The van der Waals surface area contributed by atoms with Gasteiger partial charge in [0.1, 0.15) is 6.10 Å². The maximum atomic E-state index is 13.0.